The van der Waals surface area contributed by atoms with Gasteiger partial charge in [0.1, 0.15) is 0 Å². The maximum atomic E-state index is 10.3. The van der Waals surface area contributed by atoms with E-state index >= 15 is 0 Å². The van der Waals surface area contributed by atoms with Gasteiger partial charge in [-0.3, -0.25) is 0 Å². The second-order valence-corrected chi connectivity index (χ2v) is 4.14. The standard InChI is InChI=1S/C4H11OP/c1-4(2)6(3)5/h4,6H,1-3H3. The zero-order chi connectivity index (χ0) is 5.15. The van der Waals surface area contributed by atoms with Crippen LogP contribution in [-0.4, -0.2) is 12.3 Å². The monoisotopic (exact) mass is 106 g/mol. The van der Waals surface area contributed by atoms with Crippen LogP contribution >= 0.6 is 7.80 Å². The Bertz CT molecular complexity index is 58.6. The van der Waals surface area contributed by atoms with Gasteiger partial charge in [-0.2, -0.15) is 0 Å². The average Bonchev–Trinajstić information content (AvgIpc) is 1.36. The number of hydrogen-bond donors (Lipinski definition) is 0. The third-order valence-electron chi connectivity index (χ3n) is 0.813. The van der Waals surface area contributed by atoms with Crippen LogP contribution < -0.4 is 0 Å². The first-order valence-corrected chi connectivity index (χ1v) is 4.13. The van der Waals surface area contributed by atoms with Crippen LogP contribution in [0.1, 0.15) is 13.8 Å². The predicted molar refractivity (Wildman–Crippen MR) is 30.1 cm³/mol. The van der Waals surface area contributed by atoms with Crippen LogP contribution in [0.2, 0.25) is 0 Å². The molecule has 6 heavy (non-hydrogen) atoms. The van der Waals surface area contributed by atoms with E-state index in [1.807, 2.05) is 13.8 Å². The normalized spacial score (nSPS) is 15.3. The number of hydrogen-bond acceptors (Lipinski definition) is 1. The molecule has 0 saturated heterocycles. The zero-order valence-corrected chi connectivity index (χ0v) is 5.49. The maximum absolute atomic E-state index is 10.3. The molecule has 0 aliphatic carbocycles. The molecular weight excluding hydrogens is 95.0 g/mol. The highest BCUT2D eigenvalue weighted by Crippen LogP contribution is 2.20. The molecule has 0 spiro atoms. The molecule has 0 N–H and O–H groups in total. The lowest BCUT2D eigenvalue weighted by Gasteiger charge is -1.92. The van der Waals surface area contributed by atoms with Gasteiger partial charge in [0, 0.05) is 5.66 Å². The highest BCUT2D eigenvalue weighted by molar-refractivity contribution is 7.44. The van der Waals surface area contributed by atoms with Crippen molar-refractivity contribution in [3.63, 3.8) is 0 Å². The molecule has 0 rings (SSSR count). The van der Waals surface area contributed by atoms with Gasteiger partial charge in [-0.15, -0.1) is 0 Å². The van der Waals surface area contributed by atoms with Gasteiger partial charge in [0.25, 0.3) is 0 Å². The van der Waals surface area contributed by atoms with E-state index in [-0.39, 0.29) is 0 Å². The Hall–Kier alpha value is 0.230. The molecule has 0 fully saturated rings. The summed E-state index contributed by atoms with van der Waals surface area (Å²) in [6, 6.07) is 0. The lowest BCUT2D eigenvalue weighted by atomic mass is 10.6. The summed E-state index contributed by atoms with van der Waals surface area (Å²) in [7, 11) is -1.20. The van der Waals surface area contributed by atoms with Crippen molar-refractivity contribution < 1.29 is 4.57 Å². The molecule has 0 aliphatic rings. The van der Waals surface area contributed by atoms with Crippen molar-refractivity contribution in [1.82, 2.24) is 0 Å². The summed E-state index contributed by atoms with van der Waals surface area (Å²) in [5, 5.41) is 0. The van der Waals surface area contributed by atoms with E-state index in [0.717, 1.165) is 0 Å². The second-order valence-electron chi connectivity index (χ2n) is 1.77. The quantitative estimate of drug-likeness (QED) is 0.464. The van der Waals surface area contributed by atoms with Gasteiger partial charge < -0.3 is 4.57 Å². The summed E-state index contributed by atoms with van der Waals surface area (Å²) in [5.41, 5.74) is 0.398. The third kappa shape index (κ3) is 2.47. The Labute approximate surface area is 39.5 Å². The second kappa shape index (κ2) is 2.41. The first-order chi connectivity index (χ1) is 2.64. The molecular formula is C4H11OP. The van der Waals surface area contributed by atoms with Crippen molar-refractivity contribution in [2.45, 2.75) is 19.5 Å². The van der Waals surface area contributed by atoms with E-state index in [4.69, 9.17) is 0 Å². The van der Waals surface area contributed by atoms with Crippen molar-refractivity contribution in [1.29, 1.82) is 0 Å². The van der Waals surface area contributed by atoms with Crippen molar-refractivity contribution in [2.75, 3.05) is 6.66 Å². The molecule has 1 unspecified atom stereocenters. The first kappa shape index (κ1) is 6.23. The minimum Gasteiger partial charge on any atom is -0.327 e. The lowest BCUT2D eigenvalue weighted by Crippen LogP contribution is -1.80. The Morgan fingerprint density at radius 1 is 1.50 bits per heavy atom. The Balaban J connectivity index is 3.26. The van der Waals surface area contributed by atoms with E-state index in [0.29, 0.717) is 5.66 Å². The Morgan fingerprint density at radius 2 is 1.67 bits per heavy atom. The van der Waals surface area contributed by atoms with Gasteiger partial charge in [0.05, 0.1) is 7.80 Å². The van der Waals surface area contributed by atoms with E-state index in [1.54, 1.807) is 6.66 Å². The highest BCUT2D eigenvalue weighted by atomic mass is 31.1. The molecule has 0 bridgehead atoms. The largest absolute Gasteiger partial charge is 0.327 e. The molecule has 0 aromatic rings. The average molecular weight is 106 g/mol. The summed E-state index contributed by atoms with van der Waals surface area (Å²) < 4.78 is 10.3. The minimum atomic E-state index is -1.20. The summed E-state index contributed by atoms with van der Waals surface area (Å²) in [6.07, 6.45) is 0. The van der Waals surface area contributed by atoms with Gasteiger partial charge in [-0.05, 0) is 6.66 Å². The predicted octanol–water partition coefficient (Wildman–Crippen LogP) is 1.58. The smallest absolute Gasteiger partial charge is 0.0756 e. The van der Waals surface area contributed by atoms with E-state index in [9.17, 15) is 4.57 Å². The van der Waals surface area contributed by atoms with E-state index in [2.05, 4.69) is 0 Å². The molecule has 0 heterocycles. The van der Waals surface area contributed by atoms with Crippen molar-refractivity contribution in [3.05, 3.63) is 0 Å². The van der Waals surface area contributed by atoms with Crippen LogP contribution in [0, 0.1) is 0 Å². The molecule has 0 radical (unpaired) electrons. The van der Waals surface area contributed by atoms with E-state index in [1.165, 1.54) is 0 Å². The van der Waals surface area contributed by atoms with Gasteiger partial charge in [-0.1, -0.05) is 13.8 Å². The minimum absolute atomic E-state index is 0.398. The fourth-order valence-electron chi connectivity index (χ4n) is 0. The number of rotatable bonds is 1. The molecule has 0 aromatic heterocycles. The Kier molecular flexibility index (Phi) is 2.50. The van der Waals surface area contributed by atoms with Gasteiger partial charge in [-0.25, -0.2) is 0 Å². The van der Waals surface area contributed by atoms with E-state index < -0.39 is 7.80 Å². The van der Waals surface area contributed by atoms with Crippen LogP contribution in [0.4, 0.5) is 0 Å². The van der Waals surface area contributed by atoms with Crippen LogP contribution in [0.3, 0.4) is 0 Å². The lowest BCUT2D eigenvalue weighted by molar-refractivity contribution is 0.586. The third-order valence-corrected chi connectivity index (χ3v) is 2.44. The molecule has 0 amide bonds. The molecule has 1 nitrogen and oxygen atoms in total. The van der Waals surface area contributed by atoms with Gasteiger partial charge in [0.15, 0.2) is 0 Å². The van der Waals surface area contributed by atoms with Crippen LogP contribution in [-0.2, 0) is 4.57 Å². The van der Waals surface area contributed by atoms with Crippen LogP contribution in [0.5, 0.6) is 0 Å². The SMILES string of the molecule is CC(C)[PH](C)=O. The summed E-state index contributed by atoms with van der Waals surface area (Å²) in [4.78, 5) is 0. The highest BCUT2D eigenvalue weighted by Gasteiger charge is 1.92. The van der Waals surface area contributed by atoms with Crippen molar-refractivity contribution >= 4 is 7.80 Å². The van der Waals surface area contributed by atoms with Crippen LogP contribution in [0.15, 0.2) is 0 Å². The Morgan fingerprint density at radius 3 is 1.67 bits per heavy atom. The van der Waals surface area contributed by atoms with Crippen LogP contribution in [0.25, 0.3) is 0 Å². The van der Waals surface area contributed by atoms with Gasteiger partial charge >= 0.3 is 0 Å². The molecule has 38 valence electrons. The van der Waals surface area contributed by atoms with Crippen molar-refractivity contribution in [2.24, 2.45) is 0 Å². The summed E-state index contributed by atoms with van der Waals surface area (Å²) in [5.74, 6) is 0. The molecule has 0 saturated carbocycles. The maximum Gasteiger partial charge on any atom is 0.0756 e. The molecule has 0 aliphatic heterocycles. The van der Waals surface area contributed by atoms with Crippen molar-refractivity contribution in [3.8, 4) is 0 Å². The molecule has 0 aromatic carbocycles. The first-order valence-electron chi connectivity index (χ1n) is 2.15. The molecule has 1 atom stereocenters. The summed E-state index contributed by atoms with van der Waals surface area (Å²) >= 11 is 0. The fourth-order valence-corrected chi connectivity index (χ4v) is 0. The molecule has 2 heteroatoms. The zero-order valence-electron chi connectivity index (χ0n) is 4.49. The summed E-state index contributed by atoms with van der Waals surface area (Å²) in [6.45, 7) is 5.73. The topological polar surface area (TPSA) is 17.1 Å². The fraction of sp³-hybridized carbons (Fsp3) is 1.00. The van der Waals surface area contributed by atoms with Gasteiger partial charge in [0.2, 0.25) is 0 Å².